The number of hydrazine groups is 1. The Balaban J connectivity index is 2.65. The van der Waals surface area contributed by atoms with Gasteiger partial charge in [0, 0.05) is 12.2 Å². The zero-order valence-electron chi connectivity index (χ0n) is 9.66. The van der Waals surface area contributed by atoms with Crippen molar-refractivity contribution in [1.82, 2.24) is 10.3 Å². The smallest absolute Gasteiger partial charge is 0.253 e. The summed E-state index contributed by atoms with van der Waals surface area (Å²) in [7, 11) is 0. The summed E-state index contributed by atoms with van der Waals surface area (Å²) in [5.41, 5.74) is 2.96. The van der Waals surface area contributed by atoms with E-state index in [1.807, 2.05) is 13.8 Å². The Hall–Kier alpha value is -1.62. The minimum absolute atomic E-state index is 0.0928. The van der Waals surface area contributed by atoms with Gasteiger partial charge < -0.3 is 10.7 Å². The number of aromatic nitrogens is 1. The number of carbonyl (C=O) groups is 1. The number of nitrogens with two attached hydrogens (primary N) is 1. The van der Waals surface area contributed by atoms with Gasteiger partial charge in [-0.15, -0.1) is 0 Å². The topological polar surface area (TPSA) is 80.0 Å². The summed E-state index contributed by atoms with van der Waals surface area (Å²) in [5.74, 6) is 5.63. The van der Waals surface area contributed by atoms with Crippen LogP contribution in [-0.4, -0.2) is 16.9 Å². The summed E-state index contributed by atoms with van der Waals surface area (Å²) in [6.45, 7) is 4.10. The van der Waals surface area contributed by atoms with Crippen LogP contribution in [0.2, 0.25) is 0 Å². The van der Waals surface area contributed by atoms with Crippen LogP contribution in [0, 0.1) is 0 Å². The molecular formula is C11H18N4O. The Labute approximate surface area is 95.4 Å². The van der Waals surface area contributed by atoms with E-state index in [4.69, 9.17) is 5.84 Å². The van der Waals surface area contributed by atoms with Crippen LogP contribution >= 0.6 is 0 Å². The molecule has 0 bridgehead atoms. The summed E-state index contributed by atoms with van der Waals surface area (Å²) in [5, 5.41) is 2.94. The van der Waals surface area contributed by atoms with Crippen LogP contribution in [-0.2, 0) is 0 Å². The van der Waals surface area contributed by atoms with Crippen molar-refractivity contribution >= 4 is 11.7 Å². The molecule has 0 aromatic carbocycles. The fourth-order valence-electron chi connectivity index (χ4n) is 1.38. The molecule has 0 aliphatic rings. The molecule has 5 nitrogen and oxygen atoms in total. The van der Waals surface area contributed by atoms with E-state index in [0.717, 1.165) is 12.8 Å². The molecule has 4 N–H and O–H groups in total. The van der Waals surface area contributed by atoms with Gasteiger partial charge in [-0.25, -0.2) is 10.8 Å². The third-order valence-electron chi connectivity index (χ3n) is 2.49. The third kappa shape index (κ3) is 3.20. The molecule has 88 valence electrons. The number of nitrogen functional groups attached to an aromatic ring is 1. The second kappa shape index (κ2) is 6.07. The summed E-state index contributed by atoms with van der Waals surface area (Å²) in [6, 6.07) is 3.58. The largest absolute Gasteiger partial charge is 0.349 e. The van der Waals surface area contributed by atoms with Gasteiger partial charge in [0.05, 0.1) is 5.56 Å². The van der Waals surface area contributed by atoms with Gasteiger partial charge in [-0.2, -0.15) is 0 Å². The third-order valence-corrected chi connectivity index (χ3v) is 2.49. The lowest BCUT2D eigenvalue weighted by molar-refractivity contribution is 0.0934. The second-order valence-corrected chi connectivity index (χ2v) is 3.56. The first kappa shape index (κ1) is 12.4. The van der Waals surface area contributed by atoms with E-state index in [2.05, 4.69) is 15.7 Å². The monoisotopic (exact) mass is 222 g/mol. The van der Waals surface area contributed by atoms with Crippen molar-refractivity contribution in [2.24, 2.45) is 5.84 Å². The number of pyridine rings is 1. The summed E-state index contributed by atoms with van der Waals surface area (Å²) in [4.78, 5) is 15.7. The van der Waals surface area contributed by atoms with Gasteiger partial charge in [0.1, 0.15) is 5.82 Å². The average Bonchev–Trinajstić information content (AvgIpc) is 2.35. The average molecular weight is 222 g/mol. The van der Waals surface area contributed by atoms with Crippen molar-refractivity contribution in [3.63, 3.8) is 0 Å². The Morgan fingerprint density at radius 3 is 2.56 bits per heavy atom. The molecule has 0 saturated heterocycles. The van der Waals surface area contributed by atoms with Crippen LogP contribution in [0.25, 0.3) is 0 Å². The number of amides is 1. The van der Waals surface area contributed by atoms with Crippen LogP contribution in [0.1, 0.15) is 37.0 Å². The van der Waals surface area contributed by atoms with E-state index in [9.17, 15) is 4.79 Å². The summed E-state index contributed by atoms with van der Waals surface area (Å²) >= 11 is 0. The number of hydrogen-bond acceptors (Lipinski definition) is 4. The van der Waals surface area contributed by atoms with Crippen LogP contribution < -0.4 is 16.6 Å². The molecule has 1 aromatic heterocycles. The van der Waals surface area contributed by atoms with Crippen LogP contribution in [0.5, 0.6) is 0 Å². The normalized spacial score (nSPS) is 10.2. The molecule has 16 heavy (non-hydrogen) atoms. The maximum atomic E-state index is 11.8. The van der Waals surface area contributed by atoms with E-state index < -0.39 is 0 Å². The van der Waals surface area contributed by atoms with Crippen molar-refractivity contribution in [1.29, 1.82) is 0 Å². The van der Waals surface area contributed by atoms with E-state index >= 15 is 0 Å². The lowest BCUT2D eigenvalue weighted by atomic mass is 10.1. The Kier molecular flexibility index (Phi) is 4.72. The number of rotatable bonds is 5. The molecule has 0 radical (unpaired) electrons. The summed E-state index contributed by atoms with van der Waals surface area (Å²) in [6.07, 6.45) is 3.36. The van der Waals surface area contributed by atoms with Gasteiger partial charge in [-0.1, -0.05) is 13.8 Å². The number of nitrogens with one attached hydrogen (secondary N) is 2. The maximum Gasteiger partial charge on any atom is 0.253 e. The zero-order valence-corrected chi connectivity index (χ0v) is 9.66. The molecule has 1 heterocycles. The number of anilines is 1. The van der Waals surface area contributed by atoms with Crippen molar-refractivity contribution in [3.8, 4) is 0 Å². The fourth-order valence-corrected chi connectivity index (χ4v) is 1.38. The van der Waals surface area contributed by atoms with Crippen molar-refractivity contribution in [3.05, 3.63) is 23.9 Å². The molecule has 0 aliphatic carbocycles. The van der Waals surface area contributed by atoms with E-state index in [-0.39, 0.29) is 11.9 Å². The Morgan fingerprint density at radius 2 is 2.12 bits per heavy atom. The van der Waals surface area contributed by atoms with Gasteiger partial charge in [-0.3, -0.25) is 4.79 Å². The predicted octanol–water partition coefficient (Wildman–Crippen LogP) is 1.29. The van der Waals surface area contributed by atoms with Crippen LogP contribution in [0.4, 0.5) is 5.82 Å². The zero-order chi connectivity index (χ0) is 12.0. The fraction of sp³-hybridized carbons (Fsp3) is 0.455. The highest BCUT2D eigenvalue weighted by molar-refractivity contribution is 5.94. The van der Waals surface area contributed by atoms with Gasteiger partial charge in [0.2, 0.25) is 0 Å². The lowest BCUT2D eigenvalue weighted by Crippen LogP contribution is -2.33. The molecule has 0 saturated carbocycles. The van der Waals surface area contributed by atoms with Crippen molar-refractivity contribution < 1.29 is 4.79 Å². The van der Waals surface area contributed by atoms with Crippen molar-refractivity contribution in [2.45, 2.75) is 32.7 Å². The minimum Gasteiger partial charge on any atom is -0.349 e. The molecule has 5 heteroatoms. The second-order valence-electron chi connectivity index (χ2n) is 3.56. The molecule has 1 aromatic rings. The SMILES string of the molecule is CCC(CC)NC(=O)c1ccc(NN)nc1. The van der Waals surface area contributed by atoms with Crippen molar-refractivity contribution in [2.75, 3.05) is 5.43 Å². The van der Waals surface area contributed by atoms with Gasteiger partial charge in [-0.05, 0) is 25.0 Å². The van der Waals surface area contributed by atoms with E-state index in [1.165, 1.54) is 6.20 Å². The molecule has 0 fully saturated rings. The highest BCUT2D eigenvalue weighted by atomic mass is 16.1. The van der Waals surface area contributed by atoms with Crippen LogP contribution in [0.3, 0.4) is 0 Å². The molecule has 1 rings (SSSR count). The quantitative estimate of drug-likeness (QED) is 0.518. The number of hydrogen-bond donors (Lipinski definition) is 3. The predicted molar refractivity (Wildman–Crippen MR) is 63.9 cm³/mol. The lowest BCUT2D eigenvalue weighted by Gasteiger charge is -2.14. The van der Waals surface area contributed by atoms with Gasteiger partial charge in [0.25, 0.3) is 5.91 Å². The molecule has 0 spiro atoms. The molecule has 1 amide bonds. The molecule has 0 unspecified atom stereocenters. The first-order valence-electron chi connectivity index (χ1n) is 5.44. The maximum absolute atomic E-state index is 11.8. The molecule has 0 aliphatic heterocycles. The Bertz CT molecular complexity index is 332. The molecule has 0 atom stereocenters. The Morgan fingerprint density at radius 1 is 1.44 bits per heavy atom. The molecular weight excluding hydrogens is 204 g/mol. The first-order chi connectivity index (χ1) is 7.71. The minimum atomic E-state index is -0.0928. The number of nitrogens with zero attached hydrogens (tertiary/aromatic N) is 1. The van der Waals surface area contributed by atoms with Gasteiger partial charge in [0.15, 0.2) is 0 Å². The standard InChI is InChI=1S/C11H18N4O/c1-3-9(4-2)14-11(16)8-5-6-10(15-12)13-7-8/h5-7,9H,3-4,12H2,1-2H3,(H,13,15)(H,14,16). The first-order valence-corrected chi connectivity index (χ1v) is 5.44. The van der Waals surface area contributed by atoms with Crippen LogP contribution in [0.15, 0.2) is 18.3 Å². The highest BCUT2D eigenvalue weighted by Crippen LogP contribution is 2.05. The highest BCUT2D eigenvalue weighted by Gasteiger charge is 2.10. The van der Waals surface area contributed by atoms with E-state index in [1.54, 1.807) is 12.1 Å². The number of carbonyl (C=O) groups excluding carboxylic acids is 1. The van der Waals surface area contributed by atoms with Gasteiger partial charge >= 0.3 is 0 Å². The summed E-state index contributed by atoms with van der Waals surface area (Å²) < 4.78 is 0. The van der Waals surface area contributed by atoms with E-state index in [0.29, 0.717) is 11.4 Å².